The van der Waals surface area contributed by atoms with E-state index in [1.807, 2.05) is 0 Å². The van der Waals surface area contributed by atoms with E-state index >= 15 is 0 Å². The van der Waals surface area contributed by atoms with Gasteiger partial charge in [0.15, 0.2) is 0 Å². The van der Waals surface area contributed by atoms with Crippen LogP contribution in [0.15, 0.2) is 18.2 Å². The van der Waals surface area contributed by atoms with Gasteiger partial charge < -0.3 is 15.3 Å². The van der Waals surface area contributed by atoms with Crippen molar-refractivity contribution in [3.05, 3.63) is 29.0 Å². The second-order valence-electron chi connectivity index (χ2n) is 5.14. The molecule has 0 saturated carbocycles. The highest BCUT2D eigenvalue weighted by molar-refractivity contribution is 6.30. The lowest BCUT2D eigenvalue weighted by molar-refractivity contribution is 0.0766. The van der Waals surface area contributed by atoms with Gasteiger partial charge in [-0.05, 0) is 38.0 Å². The molecule has 0 spiro atoms. The number of urea groups is 1. The Labute approximate surface area is 122 Å². The number of rotatable bonds is 2. The highest BCUT2D eigenvalue weighted by atomic mass is 35.5. The van der Waals surface area contributed by atoms with E-state index in [0.29, 0.717) is 18.1 Å². The van der Waals surface area contributed by atoms with Crippen molar-refractivity contribution in [2.45, 2.75) is 25.9 Å². The van der Waals surface area contributed by atoms with E-state index in [1.165, 1.54) is 18.2 Å². The quantitative estimate of drug-likeness (QED) is 0.882. The zero-order valence-corrected chi connectivity index (χ0v) is 12.0. The zero-order valence-electron chi connectivity index (χ0n) is 11.3. The maximum atomic E-state index is 13.6. The van der Waals surface area contributed by atoms with E-state index in [2.05, 4.69) is 5.32 Å². The van der Waals surface area contributed by atoms with Crippen LogP contribution in [-0.2, 0) is 0 Å². The van der Waals surface area contributed by atoms with Crippen molar-refractivity contribution in [3.63, 3.8) is 0 Å². The fraction of sp³-hybridized carbons (Fsp3) is 0.500. The molecule has 1 saturated heterocycles. The van der Waals surface area contributed by atoms with Gasteiger partial charge in [-0.2, -0.15) is 0 Å². The summed E-state index contributed by atoms with van der Waals surface area (Å²) in [5.41, 5.74) is 0.0710. The maximum absolute atomic E-state index is 13.6. The standard InChI is InChI=1S/C14H18ClFN2O2/c1-9(19)10-3-2-6-18(8-10)14(20)17-13-7-11(15)4-5-12(13)16/h4-5,7,9-10,19H,2-3,6,8H2,1H3,(H,17,20). The van der Waals surface area contributed by atoms with Crippen LogP contribution in [0.25, 0.3) is 0 Å². The van der Waals surface area contributed by atoms with E-state index in [9.17, 15) is 14.3 Å². The lowest BCUT2D eigenvalue weighted by Crippen LogP contribution is -2.44. The third-order valence-corrected chi connectivity index (χ3v) is 3.83. The Kier molecular flexibility index (Phi) is 4.83. The highest BCUT2D eigenvalue weighted by Crippen LogP contribution is 2.23. The Morgan fingerprint density at radius 3 is 3.05 bits per heavy atom. The van der Waals surface area contributed by atoms with Gasteiger partial charge in [0, 0.05) is 24.0 Å². The van der Waals surface area contributed by atoms with Crippen LogP contribution >= 0.6 is 11.6 Å². The van der Waals surface area contributed by atoms with Gasteiger partial charge in [-0.25, -0.2) is 9.18 Å². The Morgan fingerprint density at radius 2 is 2.35 bits per heavy atom. The van der Waals surface area contributed by atoms with Crippen LogP contribution in [0.2, 0.25) is 5.02 Å². The molecule has 1 aliphatic rings. The molecule has 1 aromatic rings. The van der Waals surface area contributed by atoms with E-state index in [1.54, 1.807) is 11.8 Å². The number of hydrogen-bond donors (Lipinski definition) is 2. The van der Waals surface area contributed by atoms with Gasteiger partial charge in [0.1, 0.15) is 5.82 Å². The molecule has 1 heterocycles. The first-order chi connectivity index (χ1) is 9.47. The molecule has 2 rings (SSSR count). The molecular weight excluding hydrogens is 283 g/mol. The van der Waals surface area contributed by atoms with Crippen LogP contribution < -0.4 is 5.32 Å². The predicted octanol–water partition coefficient (Wildman–Crippen LogP) is 3.10. The number of carbonyl (C=O) groups excluding carboxylic acids is 1. The fourth-order valence-corrected chi connectivity index (χ4v) is 2.55. The third kappa shape index (κ3) is 3.61. The van der Waals surface area contributed by atoms with E-state index < -0.39 is 11.9 Å². The molecule has 2 atom stereocenters. The first kappa shape index (κ1) is 15.1. The molecule has 20 heavy (non-hydrogen) atoms. The molecule has 2 amide bonds. The largest absolute Gasteiger partial charge is 0.393 e. The van der Waals surface area contributed by atoms with Gasteiger partial charge in [0.2, 0.25) is 0 Å². The molecule has 1 aromatic carbocycles. The number of nitrogens with zero attached hydrogens (tertiary/aromatic N) is 1. The summed E-state index contributed by atoms with van der Waals surface area (Å²) in [5.74, 6) is -0.453. The molecule has 2 unspecified atom stereocenters. The van der Waals surface area contributed by atoms with Crippen molar-refractivity contribution in [3.8, 4) is 0 Å². The van der Waals surface area contributed by atoms with Crippen molar-refractivity contribution >= 4 is 23.3 Å². The molecule has 0 aliphatic carbocycles. The molecular formula is C14H18ClFN2O2. The summed E-state index contributed by atoms with van der Waals surface area (Å²) in [6.45, 7) is 2.81. The summed E-state index contributed by atoms with van der Waals surface area (Å²) in [6.07, 6.45) is 1.28. The molecule has 110 valence electrons. The Hall–Kier alpha value is -1.33. The minimum atomic E-state index is -0.521. The number of benzene rings is 1. The molecule has 4 nitrogen and oxygen atoms in total. The number of aliphatic hydroxyl groups is 1. The first-order valence-electron chi connectivity index (χ1n) is 6.66. The number of nitrogens with one attached hydrogen (secondary N) is 1. The monoisotopic (exact) mass is 300 g/mol. The summed E-state index contributed by atoms with van der Waals surface area (Å²) < 4.78 is 13.6. The number of aliphatic hydroxyl groups excluding tert-OH is 1. The first-order valence-corrected chi connectivity index (χ1v) is 7.04. The molecule has 1 aliphatic heterocycles. The number of carbonyl (C=O) groups is 1. The molecule has 6 heteroatoms. The molecule has 0 bridgehead atoms. The van der Waals surface area contributed by atoms with Gasteiger partial charge in [-0.3, -0.25) is 0 Å². The van der Waals surface area contributed by atoms with Crippen LogP contribution in [0.1, 0.15) is 19.8 Å². The van der Waals surface area contributed by atoms with Crippen molar-refractivity contribution in [2.75, 3.05) is 18.4 Å². The Bertz CT molecular complexity index is 496. The number of piperidine rings is 1. The summed E-state index contributed by atoms with van der Waals surface area (Å²) >= 11 is 5.79. The summed E-state index contributed by atoms with van der Waals surface area (Å²) in [7, 11) is 0. The predicted molar refractivity (Wildman–Crippen MR) is 76.4 cm³/mol. The SMILES string of the molecule is CC(O)C1CCCN(C(=O)Nc2cc(Cl)ccc2F)C1. The van der Waals surface area contributed by atoms with Crippen LogP contribution in [-0.4, -0.2) is 35.2 Å². The molecule has 0 radical (unpaired) electrons. The van der Waals surface area contributed by atoms with Crippen molar-refractivity contribution < 1.29 is 14.3 Å². The highest BCUT2D eigenvalue weighted by Gasteiger charge is 2.26. The smallest absolute Gasteiger partial charge is 0.321 e. The number of amides is 2. The number of halogens is 2. The molecule has 2 N–H and O–H groups in total. The Balaban J connectivity index is 2.02. The van der Waals surface area contributed by atoms with Crippen molar-refractivity contribution in [1.29, 1.82) is 0 Å². The van der Waals surface area contributed by atoms with Gasteiger partial charge in [0.05, 0.1) is 11.8 Å². The van der Waals surface area contributed by atoms with Gasteiger partial charge in [-0.15, -0.1) is 0 Å². The molecule has 1 fully saturated rings. The van der Waals surface area contributed by atoms with Crippen LogP contribution in [0.4, 0.5) is 14.9 Å². The zero-order chi connectivity index (χ0) is 14.7. The topological polar surface area (TPSA) is 52.6 Å². The average Bonchev–Trinajstić information content (AvgIpc) is 2.43. The minimum absolute atomic E-state index is 0.0682. The van der Waals surface area contributed by atoms with Gasteiger partial charge in [-0.1, -0.05) is 11.6 Å². The van der Waals surface area contributed by atoms with E-state index in [-0.39, 0.29) is 17.6 Å². The van der Waals surface area contributed by atoms with Crippen LogP contribution in [0.5, 0.6) is 0 Å². The number of anilines is 1. The van der Waals surface area contributed by atoms with Crippen molar-refractivity contribution in [1.82, 2.24) is 4.90 Å². The Morgan fingerprint density at radius 1 is 1.60 bits per heavy atom. The fourth-order valence-electron chi connectivity index (χ4n) is 2.38. The van der Waals surface area contributed by atoms with Crippen LogP contribution in [0, 0.1) is 11.7 Å². The lowest BCUT2D eigenvalue weighted by Gasteiger charge is -2.34. The summed E-state index contributed by atoms with van der Waals surface area (Å²) in [4.78, 5) is 13.7. The minimum Gasteiger partial charge on any atom is -0.393 e. The van der Waals surface area contributed by atoms with E-state index in [0.717, 1.165) is 12.8 Å². The molecule has 0 aromatic heterocycles. The van der Waals surface area contributed by atoms with Gasteiger partial charge >= 0.3 is 6.03 Å². The van der Waals surface area contributed by atoms with Crippen LogP contribution in [0.3, 0.4) is 0 Å². The second kappa shape index (κ2) is 6.41. The third-order valence-electron chi connectivity index (χ3n) is 3.60. The maximum Gasteiger partial charge on any atom is 0.321 e. The number of hydrogen-bond acceptors (Lipinski definition) is 2. The number of likely N-dealkylation sites (tertiary alicyclic amines) is 1. The lowest BCUT2D eigenvalue weighted by atomic mass is 9.94. The summed E-state index contributed by atoms with van der Waals surface area (Å²) in [6, 6.07) is 3.66. The van der Waals surface area contributed by atoms with Crippen molar-refractivity contribution in [2.24, 2.45) is 5.92 Å². The van der Waals surface area contributed by atoms with E-state index in [4.69, 9.17) is 11.6 Å². The normalized spacial score (nSPS) is 20.6. The van der Waals surface area contributed by atoms with Gasteiger partial charge in [0.25, 0.3) is 0 Å². The average molecular weight is 301 g/mol. The second-order valence-corrected chi connectivity index (χ2v) is 5.58. The summed E-state index contributed by atoms with van der Waals surface area (Å²) in [5, 5.41) is 12.5.